The van der Waals surface area contributed by atoms with Crippen LogP contribution in [0.4, 0.5) is 16.2 Å². The summed E-state index contributed by atoms with van der Waals surface area (Å²) < 4.78 is 6.33. The number of rotatable bonds is 8. The summed E-state index contributed by atoms with van der Waals surface area (Å²) in [6.07, 6.45) is 1.57. The zero-order valence-corrected chi connectivity index (χ0v) is 24.6. The number of urea groups is 1. The predicted octanol–water partition coefficient (Wildman–Crippen LogP) is 4.49. The predicted molar refractivity (Wildman–Crippen MR) is 162 cm³/mol. The molecule has 5 rings (SSSR count). The first kappa shape index (κ1) is 28.5. The highest BCUT2D eigenvalue weighted by molar-refractivity contribution is 9.10. The van der Waals surface area contributed by atoms with E-state index < -0.39 is 5.54 Å². The molecular weight excluding hydrogens is 586 g/mol. The fraction of sp³-hybridized carbons (Fsp3) is 0.323. The summed E-state index contributed by atoms with van der Waals surface area (Å²) in [6.45, 7) is 1.58. The van der Waals surface area contributed by atoms with Crippen LogP contribution in [0.3, 0.4) is 0 Å². The van der Waals surface area contributed by atoms with Gasteiger partial charge >= 0.3 is 6.03 Å². The Morgan fingerprint density at radius 2 is 1.63 bits per heavy atom. The Hall–Kier alpha value is -4.05. The van der Waals surface area contributed by atoms with E-state index in [0.29, 0.717) is 51.3 Å². The van der Waals surface area contributed by atoms with Gasteiger partial charge in [0.05, 0.1) is 13.8 Å². The van der Waals surface area contributed by atoms with Crippen molar-refractivity contribution in [2.45, 2.75) is 24.8 Å². The summed E-state index contributed by atoms with van der Waals surface area (Å²) in [5.41, 5.74) is 1.84. The number of ether oxygens (including phenoxy) is 1. The second-order valence-electron chi connectivity index (χ2n) is 10.3. The number of hydrogen-bond acceptors (Lipinski definition) is 5. The monoisotopic (exact) mass is 619 g/mol. The highest BCUT2D eigenvalue weighted by atomic mass is 79.9. The first-order chi connectivity index (χ1) is 19.9. The minimum atomic E-state index is -0.812. The topological polar surface area (TPSA) is 94.2 Å². The molecule has 1 spiro atoms. The van der Waals surface area contributed by atoms with Crippen molar-refractivity contribution in [1.82, 2.24) is 15.1 Å². The number of methoxy groups -OCH3 is 1. The van der Waals surface area contributed by atoms with Crippen molar-refractivity contribution in [2.75, 3.05) is 50.2 Å². The summed E-state index contributed by atoms with van der Waals surface area (Å²) in [5.74, 6) is 0.507. The first-order valence-electron chi connectivity index (χ1n) is 13.7. The lowest BCUT2D eigenvalue weighted by molar-refractivity contribution is -0.137. The quantitative estimate of drug-likeness (QED) is 0.387. The third-order valence-corrected chi connectivity index (χ3v) is 8.33. The summed E-state index contributed by atoms with van der Waals surface area (Å²) in [6, 6.07) is 24.8. The normalized spacial score (nSPS) is 16.1. The summed E-state index contributed by atoms with van der Waals surface area (Å²) in [5, 5.41) is 5.90. The van der Waals surface area contributed by atoms with Crippen LogP contribution in [0.1, 0.15) is 18.4 Å². The maximum atomic E-state index is 13.9. The molecule has 4 amide bonds. The molecule has 3 aromatic rings. The van der Waals surface area contributed by atoms with Crippen LogP contribution in [0.25, 0.3) is 0 Å². The Balaban J connectivity index is 1.23. The Morgan fingerprint density at radius 1 is 0.951 bits per heavy atom. The van der Waals surface area contributed by atoms with E-state index in [0.717, 1.165) is 21.5 Å². The molecule has 0 unspecified atom stereocenters. The molecule has 0 aliphatic carbocycles. The lowest BCUT2D eigenvalue weighted by atomic mass is 9.85. The van der Waals surface area contributed by atoms with E-state index in [2.05, 4.69) is 31.5 Å². The number of hydrogen-bond donors (Lipinski definition) is 2. The second kappa shape index (κ2) is 12.6. The lowest BCUT2D eigenvalue weighted by Crippen LogP contribution is -2.58. The van der Waals surface area contributed by atoms with Gasteiger partial charge in [0.1, 0.15) is 17.8 Å². The molecule has 9 nitrogen and oxygen atoms in total. The molecule has 0 aromatic heterocycles. The second-order valence-corrected chi connectivity index (χ2v) is 11.2. The Bertz CT molecular complexity index is 1380. The minimum Gasteiger partial charge on any atom is -0.496 e. The smallest absolute Gasteiger partial charge is 0.321 e. The van der Waals surface area contributed by atoms with E-state index in [9.17, 15) is 14.4 Å². The third kappa shape index (κ3) is 6.32. The van der Waals surface area contributed by atoms with Gasteiger partial charge in [0, 0.05) is 35.5 Å². The lowest BCUT2D eigenvalue weighted by Gasteiger charge is -2.43. The van der Waals surface area contributed by atoms with Gasteiger partial charge in [-0.1, -0.05) is 52.3 Å². The molecule has 2 saturated heterocycles. The Kier molecular flexibility index (Phi) is 8.78. The molecular formula is C31H34BrN5O4. The fourth-order valence-corrected chi connectivity index (χ4v) is 5.88. The number of benzene rings is 3. The van der Waals surface area contributed by atoms with E-state index in [1.54, 1.807) is 16.9 Å². The van der Waals surface area contributed by atoms with Crippen LogP contribution in [-0.4, -0.2) is 73.1 Å². The van der Waals surface area contributed by atoms with E-state index in [1.165, 1.54) is 0 Å². The van der Waals surface area contributed by atoms with Gasteiger partial charge in [-0.3, -0.25) is 9.59 Å². The van der Waals surface area contributed by atoms with Gasteiger partial charge in [0.25, 0.3) is 5.91 Å². The number of halogens is 1. The van der Waals surface area contributed by atoms with Crippen LogP contribution in [0.2, 0.25) is 0 Å². The van der Waals surface area contributed by atoms with Gasteiger partial charge in [-0.2, -0.15) is 0 Å². The van der Waals surface area contributed by atoms with Gasteiger partial charge in [-0.25, -0.2) is 4.79 Å². The molecule has 2 aliphatic heterocycles. The number of nitrogens with one attached hydrogen (secondary N) is 2. The van der Waals surface area contributed by atoms with Crippen molar-refractivity contribution in [1.29, 1.82) is 0 Å². The average Bonchev–Trinajstić information content (AvgIpc) is 3.25. The molecule has 3 aromatic carbocycles. The molecule has 2 fully saturated rings. The van der Waals surface area contributed by atoms with Crippen molar-refractivity contribution in [3.8, 4) is 5.75 Å². The maximum Gasteiger partial charge on any atom is 0.321 e. The van der Waals surface area contributed by atoms with Gasteiger partial charge in [0.2, 0.25) is 5.91 Å². The zero-order chi connectivity index (χ0) is 28.8. The maximum absolute atomic E-state index is 13.9. The van der Waals surface area contributed by atoms with Crippen molar-refractivity contribution in [3.05, 3.63) is 88.9 Å². The summed E-state index contributed by atoms with van der Waals surface area (Å²) in [7, 11) is 1.63. The van der Waals surface area contributed by atoms with Gasteiger partial charge in [0.15, 0.2) is 0 Å². The fourth-order valence-electron chi connectivity index (χ4n) is 5.61. The van der Waals surface area contributed by atoms with E-state index >= 15 is 0 Å². The number of amides is 4. The number of anilines is 2. The molecule has 0 radical (unpaired) electrons. The number of nitrogens with zero attached hydrogens (tertiary/aromatic N) is 3. The Labute approximate surface area is 248 Å². The molecule has 41 heavy (non-hydrogen) atoms. The van der Waals surface area contributed by atoms with Crippen molar-refractivity contribution in [2.24, 2.45) is 0 Å². The van der Waals surface area contributed by atoms with Crippen molar-refractivity contribution in [3.63, 3.8) is 0 Å². The van der Waals surface area contributed by atoms with E-state index in [-0.39, 0.29) is 24.4 Å². The number of para-hydroxylation sites is 2. The molecule has 2 N–H and O–H groups in total. The van der Waals surface area contributed by atoms with Crippen LogP contribution < -0.4 is 20.3 Å². The number of likely N-dealkylation sites (tertiary alicyclic amines) is 1. The highest BCUT2D eigenvalue weighted by Crippen LogP contribution is 2.39. The number of piperidine rings is 1. The zero-order valence-electron chi connectivity index (χ0n) is 23.0. The van der Waals surface area contributed by atoms with Crippen LogP contribution in [0.15, 0.2) is 83.3 Å². The van der Waals surface area contributed by atoms with Crippen LogP contribution in [0.5, 0.6) is 5.75 Å². The summed E-state index contributed by atoms with van der Waals surface area (Å²) in [4.78, 5) is 45.3. The van der Waals surface area contributed by atoms with Crippen molar-refractivity contribution < 1.29 is 19.1 Å². The van der Waals surface area contributed by atoms with Crippen LogP contribution >= 0.6 is 15.9 Å². The van der Waals surface area contributed by atoms with Crippen molar-refractivity contribution >= 4 is 45.2 Å². The highest BCUT2D eigenvalue weighted by Gasteiger charge is 2.54. The molecule has 0 bridgehead atoms. The number of carbonyl (C=O) groups excluding carboxylic acids is 3. The van der Waals surface area contributed by atoms with E-state index in [4.69, 9.17) is 4.74 Å². The molecule has 2 aliphatic rings. The number of carbonyl (C=O) groups is 3. The Morgan fingerprint density at radius 3 is 2.34 bits per heavy atom. The summed E-state index contributed by atoms with van der Waals surface area (Å²) >= 11 is 3.41. The molecule has 10 heteroatoms. The standard InChI is InChI=1S/C31H34BrN5O4/c1-41-27-10-6-5-7-23(27)15-18-33-28(38)21-36-22-37(26-8-3-2-4-9-26)31(29(36)39)16-19-35(20-17-31)30(40)34-25-13-11-24(32)12-14-25/h2-14H,15-22H2,1H3,(H,33,38)(H,34,40). The van der Waals surface area contributed by atoms with Gasteiger partial charge < -0.3 is 30.1 Å². The first-order valence-corrected chi connectivity index (χ1v) is 14.5. The minimum absolute atomic E-state index is 0.0242. The third-order valence-electron chi connectivity index (χ3n) is 7.80. The molecule has 0 atom stereocenters. The molecule has 0 saturated carbocycles. The van der Waals surface area contributed by atoms with Crippen LogP contribution in [-0.2, 0) is 16.0 Å². The van der Waals surface area contributed by atoms with Gasteiger partial charge in [-0.15, -0.1) is 0 Å². The average molecular weight is 621 g/mol. The molecule has 2 heterocycles. The SMILES string of the molecule is COc1ccccc1CCNC(=O)CN1CN(c2ccccc2)C2(CCN(C(=O)Nc3ccc(Br)cc3)CC2)C1=O. The largest absolute Gasteiger partial charge is 0.496 e. The van der Waals surface area contributed by atoms with E-state index in [1.807, 2.05) is 78.9 Å². The van der Waals surface area contributed by atoms with Gasteiger partial charge in [-0.05, 0) is 67.3 Å². The van der Waals surface area contributed by atoms with Crippen LogP contribution in [0, 0.1) is 0 Å². The molecule has 214 valence electrons.